The Bertz CT molecular complexity index is 986. The van der Waals surface area contributed by atoms with Crippen LogP contribution in [0, 0.1) is 0 Å². The van der Waals surface area contributed by atoms with Gasteiger partial charge in [-0.15, -0.1) is 10.2 Å². The molecule has 6 heteroatoms. The molecule has 6 nitrogen and oxygen atoms in total. The third-order valence-corrected chi connectivity index (χ3v) is 4.11. The molecular weight excluding hydrogens is 338 g/mol. The van der Waals surface area contributed by atoms with E-state index in [0.717, 1.165) is 28.1 Å². The van der Waals surface area contributed by atoms with Gasteiger partial charge in [0.25, 0.3) is 0 Å². The first-order chi connectivity index (χ1) is 13.4. The summed E-state index contributed by atoms with van der Waals surface area (Å²) in [5.41, 5.74) is 4.20. The highest BCUT2D eigenvalue weighted by Crippen LogP contribution is 2.20. The predicted molar refractivity (Wildman–Crippen MR) is 104 cm³/mol. The highest BCUT2D eigenvalue weighted by molar-refractivity contribution is 5.61. The number of nitrogens with zero attached hydrogens (tertiary/aromatic N) is 3. The molecule has 0 radical (unpaired) electrons. The molecule has 0 spiro atoms. The van der Waals surface area contributed by atoms with Gasteiger partial charge in [-0.05, 0) is 40.6 Å². The van der Waals surface area contributed by atoms with Crippen LogP contribution in [0.3, 0.4) is 0 Å². The normalized spacial score (nSPS) is 10.5. The van der Waals surface area contributed by atoms with E-state index in [4.69, 9.17) is 4.74 Å². The second kappa shape index (κ2) is 8.14. The van der Waals surface area contributed by atoms with Gasteiger partial charge in [0.15, 0.2) is 0 Å². The quantitative estimate of drug-likeness (QED) is 0.522. The number of hydrogen-bond donors (Lipinski definition) is 2. The van der Waals surface area contributed by atoms with Crippen molar-refractivity contribution in [1.82, 2.24) is 20.6 Å². The lowest BCUT2D eigenvalue weighted by molar-refractivity contribution is 0.306. The van der Waals surface area contributed by atoms with Crippen LogP contribution in [0.4, 0.5) is 5.69 Å². The van der Waals surface area contributed by atoms with Crippen molar-refractivity contribution >= 4 is 5.69 Å². The van der Waals surface area contributed by atoms with Gasteiger partial charge in [0.1, 0.15) is 12.4 Å². The van der Waals surface area contributed by atoms with E-state index in [1.54, 1.807) is 0 Å². The van der Waals surface area contributed by atoms with Gasteiger partial charge in [-0.2, -0.15) is 5.21 Å². The Morgan fingerprint density at radius 3 is 2.56 bits per heavy atom. The number of H-pyrrole nitrogens is 1. The summed E-state index contributed by atoms with van der Waals surface area (Å²) in [6.07, 6.45) is 0. The fraction of sp³-hybridized carbons (Fsp3) is 0.0952. The molecule has 3 aromatic carbocycles. The van der Waals surface area contributed by atoms with Crippen molar-refractivity contribution in [3.63, 3.8) is 0 Å². The lowest BCUT2D eigenvalue weighted by Gasteiger charge is -2.10. The lowest BCUT2D eigenvalue weighted by atomic mass is 10.1. The van der Waals surface area contributed by atoms with Crippen LogP contribution >= 0.6 is 0 Å². The average Bonchev–Trinajstić information content (AvgIpc) is 3.27. The smallest absolute Gasteiger partial charge is 0.204 e. The monoisotopic (exact) mass is 357 g/mol. The van der Waals surface area contributed by atoms with Crippen LogP contribution in [-0.4, -0.2) is 20.6 Å². The molecule has 0 saturated heterocycles. The molecule has 0 fully saturated rings. The van der Waals surface area contributed by atoms with E-state index >= 15 is 0 Å². The summed E-state index contributed by atoms with van der Waals surface area (Å²) >= 11 is 0. The molecular formula is C21H19N5O. The molecule has 134 valence electrons. The number of tetrazole rings is 1. The molecule has 0 saturated carbocycles. The van der Waals surface area contributed by atoms with Gasteiger partial charge in [-0.1, -0.05) is 54.6 Å². The summed E-state index contributed by atoms with van der Waals surface area (Å²) in [4.78, 5) is 0. The highest BCUT2D eigenvalue weighted by Gasteiger charge is 2.04. The van der Waals surface area contributed by atoms with Crippen LogP contribution in [-0.2, 0) is 13.2 Å². The number of ether oxygens (including phenoxy) is 1. The largest absolute Gasteiger partial charge is 0.489 e. The van der Waals surface area contributed by atoms with E-state index in [1.165, 1.54) is 0 Å². The predicted octanol–water partition coefficient (Wildman–Crippen LogP) is 4.06. The standard InChI is InChI=1S/C21H19N5O/c1-2-6-16(7-3-1)15-27-20-11-4-8-17(12-20)14-22-19-10-5-9-18(13-19)21-23-25-26-24-21/h1-13,22H,14-15H2,(H,23,24,25,26). The number of nitrogens with one attached hydrogen (secondary N) is 2. The van der Waals surface area contributed by atoms with E-state index in [-0.39, 0.29) is 0 Å². The molecule has 1 heterocycles. The fourth-order valence-electron chi connectivity index (χ4n) is 2.74. The maximum absolute atomic E-state index is 5.90. The van der Waals surface area contributed by atoms with Crippen molar-refractivity contribution in [3.8, 4) is 17.1 Å². The molecule has 4 rings (SSSR count). The SMILES string of the molecule is c1ccc(COc2cccc(CNc3cccc(-c4nn[nH]n4)c3)c2)cc1. The minimum absolute atomic E-state index is 0.560. The summed E-state index contributed by atoms with van der Waals surface area (Å²) in [5.74, 6) is 1.44. The Morgan fingerprint density at radius 2 is 1.70 bits per heavy atom. The van der Waals surface area contributed by atoms with Crippen LogP contribution in [0.1, 0.15) is 11.1 Å². The summed E-state index contributed by atoms with van der Waals surface area (Å²) < 4.78 is 5.90. The zero-order chi connectivity index (χ0) is 18.3. The molecule has 0 unspecified atom stereocenters. The van der Waals surface area contributed by atoms with Crippen molar-refractivity contribution in [2.75, 3.05) is 5.32 Å². The van der Waals surface area contributed by atoms with Crippen LogP contribution in [0.15, 0.2) is 78.9 Å². The second-order valence-corrected chi connectivity index (χ2v) is 6.09. The first-order valence-corrected chi connectivity index (χ1v) is 8.70. The highest BCUT2D eigenvalue weighted by atomic mass is 16.5. The van der Waals surface area contributed by atoms with Gasteiger partial charge in [0.2, 0.25) is 5.82 Å². The van der Waals surface area contributed by atoms with Gasteiger partial charge in [0, 0.05) is 17.8 Å². The van der Waals surface area contributed by atoms with Crippen LogP contribution in [0.25, 0.3) is 11.4 Å². The Kier molecular flexibility index (Phi) is 5.06. The van der Waals surface area contributed by atoms with E-state index in [2.05, 4.69) is 50.2 Å². The molecule has 0 atom stereocenters. The molecule has 0 aliphatic rings. The first kappa shape index (κ1) is 16.8. The summed E-state index contributed by atoms with van der Waals surface area (Å²) in [5, 5.41) is 17.5. The summed E-state index contributed by atoms with van der Waals surface area (Å²) in [6, 6.07) is 26.2. The number of aromatic nitrogens is 4. The van der Waals surface area contributed by atoms with Crippen molar-refractivity contribution in [2.45, 2.75) is 13.2 Å². The molecule has 27 heavy (non-hydrogen) atoms. The lowest BCUT2D eigenvalue weighted by Crippen LogP contribution is -2.01. The van der Waals surface area contributed by atoms with Gasteiger partial charge < -0.3 is 10.1 Å². The number of hydrogen-bond acceptors (Lipinski definition) is 5. The molecule has 0 aliphatic heterocycles. The molecule has 0 aliphatic carbocycles. The van der Waals surface area contributed by atoms with Gasteiger partial charge in [-0.3, -0.25) is 0 Å². The zero-order valence-corrected chi connectivity index (χ0v) is 14.7. The second-order valence-electron chi connectivity index (χ2n) is 6.09. The Balaban J connectivity index is 1.38. The van der Waals surface area contributed by atoms with Crippen LogP contribution < -0.4 is 10.1 Å². The maximum atomic E-state index is 5.90. The number of benzene rings is 3. The van der Waals surface area contributed by atoms with E-state index in [0.29, 0.717) is 19.0 Å². The molecule has 4 aromatic rings. The third-order valence-electron chi connectivity index (χ3n) is 4.11. The minimum atomic E-state index is 0.560. The maximum Gasteiger partial charge on any atom is 0.204 e. The van der Waals surface area contributed by atoms with Gasteiger partial charge in [-0.25, -0.2) is 0 Å². The summed E-state index contributed by atoms with van der Waals surface area (Å²) in [7, 11) is 0. The topological polar surface area (TPSA) is 75.7 Å². The Labute approximate surface area is 157 Å². The van der Waals surface area contributed by atoms with Crippen molar-refractivity contribution in [1.29, 1.82) is 0 Å². The van der Waals surface area contributed by atoms with E-state index in [9.17, 15) is 0 Å². The number of rotatable bonds is 7. The van der Waals surface area contributed by atoms with E-state index < -0.39 is 0 Å². The zero-order valence-electron chi connectivity index (χ0n) is 14.7. The average molecular weight is 357 g/mol. The van der Waals surface area contributed by atoms with Crippen molar-refractivity contribution in [2.24, 2.45) is 0 Å². The van der Waals surface area contributed by atoms with Crippen LogP contribution in [0.2, 0.25) is 0 Å². The van der Waals surface area contributed by atoms with Gasteiger partial charge in [0.05, 0.1) is 0 Å². The van der Waals surface area contributed by atoms with E-state index in [1.807, 2.05) is 54.6 Å². The third kappa shape index (κ3) is 4.49. The Hall–Kier alpha value is -3.67. The van der Waals surface area contributed by atoms with Crippen molar-refractivity contribution < 1.29 is 4.74 Å². The molecule has 0 bridgehead atoms. The molecule has 2 N–H and O–H groups in total. The minimum Gasteiger partial charge on any atom is -0.489 e. The Morgan fingerprint density at radius 1 is 0.852 bits per heavy atom. The number of aromatic amines is 1. The number of anilines is 1. The first-order valence-electron chi connectivity index (χ1n) is 8.70. The molecule has 1 aromatic heterocycles. The molecule has 0 amide bonds. The van der Waals surface area contributed by atoms with Gasteiger partial charge >= 0.3 is 0 Å². The summed E-state index contributed by atoms with van der Waals surface area (Å²) in [6.45, 7) is 1.25. The van der Waals surface area contributed by atoms with Crippen molar-refractivity contribution in [3.05, 3.63) is 90.0 Å². The fourth-order valence-corrected chi connectivity index (χ4v) is 2.74. The van der Waals surface area contributed by atoms with Crippen LogP contribution in [0.5, 0.6) is 5.75 Å².